The SMILES string of the molecule is CCc1ccc(N=C2NC(=O)/C(=C/c3cn(Cc4cccc(C(=O)OC)c4)c4ccccc34)S2)cc1. The maximum absolute atomic E-state index is 12.7. The molecular weight excluding hydrogens is 470 g/mol. The van der Waals surface area contributed by atoms with E-state index in [0.717, 1.165) is 34.1 Å². The van der Waals surface area contributed by atoms with Crippen molar-refractivity contribution in [2.45, 2.75) is 19.9 Å². The minimum Gasteiger partial charge on any atom is -0.465 e. The van der Waals surface area contributed by atoms with Crippen LogP contribution in [-0.4, -0.2) is 28.7 Å². The van der Waals surface area contributed by atoms with E-state index in [9.17, 15) is 9.59 Å². The van der Waals surface area contributed by atoms with E-state index in [1.165, 1.54) is 24.4 Å². The summed E-state index contributed by atoms with van der Waals surface area (Å²) in [5, 5.41) is 4.49. The summed E-state index contributed by atoms with van der Waals surface area (Å²) in [6.45, 7) is 2.69. The number of amidine groups is 1. The topological polar surface area (TPSA) is 72.7 Å². The van der Waals surface area contributed by atoms with Gasteiger partial charge < -0.3 is 14.6 Å². The fourth-order valence-electron chi connectivity index (χ4n) is 4.18. The van der Waals surface area contributed by atoms with Gasteiger partial charge >= 0.3 is 5.97 Å². The molecule has 0 aliphatic carbocycles. The van der Waals surface area contributed by atoms with E-state index in [4.69, 9.17) is 4.74 Å². The van der Waals surface area contributed by atoms with Crippen LogP contribution in [0.25, 0.3) is 17.0 Å². The largest absolute Gasteiger partial charge is 0.465 e. The van der Waals surface area contributed by atoms with Crippen LogP contribution in [0.4, 0.5) is 5.69 Å². The third-order valence-corrected chi connectivity index (χ3v) is 6.94. The number of aryl methyl sites for hydroxylation is 1. The number of nitrogens with one attached hydrogen (secondary N) is 1. The standard InChI is InChI=1S/C29H25N3O3S/c1-3-19-11-13-23(14-12-19)30-29-31-27(33)26(36-29)16-22-18-32(25-10-5-4-9-24(22)25)17-20-7-6-8-21(15-20)28(34)35-2/h4-16,18H,3,17H2,1-2H3,(H,30,31,33)/b26-16-. The predicted octanol–water partition coefficient (Wildman–Crippen LogP) is 5.93. The van der Waals surface area contributed by atoms with Crippen LogP contribution >= 0.6 is 11.8 Å². The number of thioether (sulfide) groups is 1. The molecule has 1 aliphatic heterocycles. The Morgan fingerprint density at radius 2 is 1.86 bits per heavy atom. The molecule has 4 aromatic rings. The zero-order chi connectivity index (χ0) is 25.1. The lowest BCUT2D eigenvalue weighted by Crippen LogP contribution is -2.19. The van der Waals surface area contributed by atoms with E-state index in [2.05, 4.69) is 27.9 Å². The van der Waals surface area contributed by atoms with E-state index >= 15 is 0 Å². The molecule has 1 aromatic heterocycles. The van der Waals surface area contributed by atoms with Gasteiger partial charge in [0.2, 0.25) is 0 Å². The van der Waals surface area contributed by atoms with Gasteiger partial charge in [0, 0.05) is 29.2 Å². The average molecular weight is 496 g/mol. The van der Waals surface area contributed by atoms with Gasteiger partial charge in [-0.05, 0) is 65.7 Å². The number of rotatable bonds is 6. The van der Waals surface area contributed by atoms with Gasteiger partial charge in [-0.1, -0.05) is 49.4 Å². The fraction of sp³-hybridized carbons (Fsp3) is 0.138. The Balaban J connectivity index is 1.43. The van der Waals surface area contributed by atoms with Crippen molar-refractivity contribution in [3.8, 4) is 0 Å². The number of para-hydroxylation sites is 1. The first-order valence-corrected chi connectivity index (χ1v) is 12.5. The number of amides is 1. The first-order chi connectivity index (χ1) is 17.5. The number of aromatic nitrogens is 1. The van der Waals surface area contributed by atoms with Gasteiger partial charge in [-0.3, -0.25) is 4.79 Å². The molecule has 7 heteroatoms. The van der Waals surface area contributed by atoms with Gasteiger partial charge in [-0.25, -0.2) is 9.79 Å². The molecule has 5 rings (SSSR count). The van der Waals surface area contributed by atoms with Crippen molar-refractivity contribution in [3.05, 3.63) is 106 Å². The second-order valence-corrected chi connectivity index (χ2v) is 9.45. The molecule has 3 aromatic carbocycles. The van der Waals surface area contributed by atoms with E-state index < -0.39 is 0 Å². The van der Waals surface area contributed by atoms with Crippen molar-refractivity contribution in [1.29, 1.82) is 0 Å². The van der Waals surface area contributed by atoms with E-state index in [1.807, 2.05) is 72.9 Å². The van der Waals surface area contributed by atoms with E-state index in [-0.39, 0.29) is 11.9 Å². The highest BCUT2D eigenvalue weighted by Gasteiger charge is 2.24. The molecule has 2 heterocycles. The second kappa shape index (κ2) is 10.3. The second-order valence-electron chi connectivity index (χ2n) is 8.42. The normalized spacial score (nSPS) is 15.6. The number of hydrogen-bond acceptors (Lipinski definition) is 5. The maximum atomic E-state index is 12.7. The van der Waals surface area contributed by atoms with Crippen LogP contribution in [0.1, 0.15) is 34.0 Å². The lowest BCUT2D eigenvalue weighted by molar-refractivity contribution is -0.115. The molecule has 1 saturated heterocycles. The Kier molecular flexibility index (Phi) is 6.73. The molecule has 0 spiro atoms. The van der Waals surface area contributed by atoms with Crippen LogP contribution in [0.5, 0.6) is 0 Å². The number of carbonyl (C=O) groups is 2. The third kappa shape index (κ3) is 4.97. The lowest BCUT2D eigenvalue weighted by atomic mass is 10.1. The molecule has 0 unspecified atom stereocenters. The predicted molar refractivity (Wildman–Crippen MR) is 145 cm³/mol. The van der Waals surface area contributed by atoms with Crippen LogP contribution in [0.3, 0.4) is 0 Å². The van der Waals surface area contributed by atoms with Gasteiger partial charge in [0.05, 0.1) is 23.3 Å². The van der Waals surface area contributed by atoms with Gasteiger partial charge in [0.25, 0.3) is 5.91 Å². The molecule has 180 valence electrons. The summed E-state index contributed by atoms with van der Waals surface area (Å²) in [6, 6.07) is 23.5. The summed E-state index contributed by atoms with van der Waals surface area (Å²) >= 11 is 1.34. The highest BCUT2D eigenvalue weighted by atomic mass is 32.2. The van der Waals surface area contributed by atoms with Crippen LogP contribution in [0.2, 0.25) is 0 Å². The molecule has 1 amide bonds. The number of benzene rings is 3. The van der Waals surface area contributed by atoms with Crippen molar-refractivity contribution in [3.63, 3.8) is 0 Å². The van der Waals surface area contributed by atoms with Gasteiger partial charge in [-0.2, -0.15) is 0 Å². The van der Waals surface area contributed by atoms with Crippen molar-refractivity contribution in [1.82, 2.24) is 9.88 Å². The van der Waals surface area contributed by atoms with Crippen molar-refractivity contribution < 1.29 is 14.3 Å². The minimum atomic E-state index is -0.359. The summed E-state index contributed by atoms with van der Waals surface area (Å²) in [5.74, 6) is -0.519. The Morgan fingerprint density at radius 3 is 2.64 bits per heavy atom. The number of aliphatic imine (C=N–C) groups is 1. The summed E-state index contributed by atoms with van der Waals surface area (Å²) in [6.07, 6.45) is 4.92. The summed E-state index contributed by atoms with van der Waals surface area (Å²) in [5.41, 5.74) is 5.54. The molecular formula is C29H25N3O3S. The monoisotopic (exact) mass is 495 g/mol. The molecule has 0 bridgehead atoms. The Labute approximate surface area is 213 Å². The van der Waals surface area contributed by atoms with Crippen LogP contribution < -0.4 is 5.32 Å². The molecule has 0 radical (unpaired) electrons. The summed E-state index contributed by atoms with van der Waals surface area (Å²) < 4.78 is 6.98. The number of hydrogen-bond donors (Lipinski definition) is 1. The summed E-state index contributed by atoms with van der Waals surface area (Å²) in [7, 11) is 1.38. The highest BCUT2D eigenvalue weighted by Crippen LogP contribution is 2.31. The quantitative estimate of drug-likeness (QED) is 0.266. The molecule has 6 nitrogen and oxygen atoms in total. The smallest absolute Gasteiger partial charge is 0.337 e. The average Bonchev–Trinajstić information content (AvgIpc) is 3.43. The summed E-state index contributed by atoms with van der Waals surface area (Å²) in [4.78, 5) is 29.8. The Bertz CT molecular complexity index is 1520. The van der Waals surface area contributed by atoms with Crippen molar-refractivity contribution in [2.24, 2.45) is 4.99 Å². The zero-order valence-electron chi connectivity index (χ0n) is 20.0. The maximum Gasteiger partial charge on any atom is 0.337 e. The Hall–Kier alpha value is -4.10. The fourth-order valence-corrected chi connectivity index (χ4v) is 5.01. The Morgan fingerprint density at radius 1 is 1.06 bits per heavy atom. The first-order valence-electron chi connectivity index (χ1n) is 11.7. The number of carbonyl (C=O) groups excluding carboxylic acids is 2. The molecule has 0 atom stereocenters. The number of ether oxygens (including phenoxy) is 1. The third-order valence-electron chi connectivity index (χ3n) is 6.03. The first kappa shape index (κ1) is 23.6. The minimum absolute atomic E-state index is 0.161. The van der Waals surface area contributed by atoms with Gasteiger partial charge in [0.15, 0.2) is 5.17 Å². The number of methoxy groups -OCH3 is 1. The highest BCUT2D eigenvalue weighted by molar-refractivity contribution is 8.18. The molecule has 36 heavy (non-hydrogen) atoms. The molecule has 1 N–H and O–H groups in total. The number of nitrogens with zero attached hydrogens (tertiary/aromatic N) is 2. The van der Waals surface area contributed by atoms with E-state index in [1.54, 1.807) is 6.07 Å². The number of fused-ring (bicyclic) bond motifs is 1. The van der Waals surface area contributed by atoms with Gasteiger partial charge in [0.1, 0.15) is 0 Å². The van der Waals surface area contributed by atoms with Crippen LogP contribution in [0, 0.1) is 0 Å². The van der Waals surface area contributed by atoms with Gasteiger partial charge in [-0.15, -0.1) is 0 Å². The molecule has 0 saturated carbocycles. The van der Waals surface area contributed by atoms with E-state index in [0.29, 0.717) is 22.2 Å². The molecule has 1 aliphatic rings. The lowest BCUT2D eigenvalue weighted by Gasteiger charge is -2.07. The van der Waals surface area contributed by atoms with Crippen LogP contribution in [-0.2, 0) is 22.5 Å². The van der Waals surface area contributed by atoms with Crippen LogP contribution in [0.15, 0.2) is 88.9 Å². The van der Waals surface area contributed by atoms with Crippen molar-refractivity contribution >= 4 is 51.5 Å². The zero-order valence-corrected chi connectivity index (χ0v) is 20.8. The van der Waals surface area contributed by atoms with Crippen molar-refractivity contribution in [2.75, 3.05) is 7.11 Å². The molecule has 1 fully saturated rings. The number of esters is 1.